The van der Waals surface area contributed by atoms with E-state index in [4.69, 9.17) is 21.8 Å². The number of halogens is 1. The standard InChI is InChI=1S/C14H16ClNO5/c1-8-4-2-5-9(12(8)15)13(19)16-10(14(20)21)6-3-7-11(17)18/h2,4-5,10H,3,6-7H2,1H3,(H,16,19)(H,17,18)(H,20,21)/t10-/m1/s1. The summed E-state index contributed by atoms with van der Waals surface area (Å²) in [6, 6.07) is 3.74. The first-order valence-corrected chi connectivity index (χ1v) is 6.71. The van der Waals surface area contributed by atoms with Crippen molar-refractivity contribution >= 4 is 29.4 Å². The molecule has 0 bridgehead atoms. The van der Waals surface area contributed by atoms with Crippen LogP contribution in [0.3, 0.4) is 0 Å². The molecule has 0 radical (unpaired) electrons. The summed E-state index contributed by atoms with van der Waals surface area (Å²) in [7, 11) is 0. The van der Waals surface area contributed by atoms with Gasteiger partial charge < -0.3 is 15.5 Å². The Balaban J connectivity index is 2.74. The predicted molar refractivity (Wildman–Crippen MR) is 76.6 cm³/mol. The van der Waals surface area contributed by atoms with Crippen molar-refractivity contribution in [2.24, 2.45) is 0 Å². The van der Waals surface area contributed by atoms with Gasteiger partial charge in [-0.2, -0.15) is 0 Å². The lowest BCUT2D eigenvalue weighted by atomic mass is 10.1. The molecule has 0 spiro atoms. The molecule has 0 aromatic heterocycles. The smallest absolute Gasteiger partial charge is 0.326 e. The van der Waals surface area contributed by atoms with Gasteiger partial charge >= 0.3 is 11.9 Å². The van der Waals surface area contributed by atoms with Crippen LogP contribution in [-0.2, 0) is 9.59 Å². The first kappa shape index (κ1) is 17.0. The average Bonchev–Trinajstić information content (AvgIpc) is 2.40. The van der Waals surface area contributed by atoms with E-state index in [0.29, 0.717) is 5.56 Å². The van der Waals surface area contributed by atoms with Crippen molar-refractivity contribution in [1.82, 2.24) is 5.32 Å². The lowest BCUT2D eigenvalue weighted by Gasteiger charge is -2.15. The molecule has 1 aromatic carbocycles. The van der Waals surface area contributed by atoms with E-state index >= 15 is 0 Å². The number of aliphatic carboxylic acids is 2. The fourth-order valence-electron chi connectivity index (χ4n) is 1.77. The first-order chi connectivity index (χ1) is 9.82. The molecular formula is C14H16ClNO5. The Kier molecular flexibility index (Phi) is 6.17. The van der Waals surface area contributed by atoms with E-state index in [-0.39, 0.29) is 29.8 Å². The molecule has 6 nitrogen and oxygen atoms in total. The Hall–Kier alpha value is -2.08. The Bertz CT molecular complexity index is 558. The van der Waals surface area contributed by atoms with Crippen LogP contribution < -0.4 is 5.32 Å². The zero-order valence-electron chi connectivity index (χ0n) is 11.4. The van der Waals surface area contributed by atoms with Gasteiger partial charge in [-0.3, -0.25) is 9.59 Å². The van der Waals surface area contributed by atoms with Crippen LogP contribution in [-0.4, -0.2) is 34.1 Å². The van der Waals surface area contributed by atoms with Crippen LogP contribution in [0.2, 0.25) is 5.02 Å². The van der Waals surface area contributed by atoms with Crippen molar-refractivity contribution in [2.45, 2.75) is 32.2 Å². The highest BCUT2D eigenvalue weighted by Gasteiger charge is 2.22. The second-order valence-corrected chi connectivity index (χ2v) is 4.96. The Morgan fingerprint density at radius 1 is 1.29 bits per heavy atom. The highest BCUT2D eigenvalue weighted by atomic mass is 35.5. The predicted octanol–water partition coefficient (Wildman–Crippen LogP) is 2.09. The molecule has 7 heteroatoms. The molecule has 0 aliphatic heterocycles. The third-order valence-corrected chi connectivity index (χ3v) is 3.42. The van der Waals surface area contributed by atoms with Crippen molar-refractivity contribution in [1.29, 1.82) is 0 Å². The number of rotatable bonds is 7. The van der Waals surface area contributed by atoms with Crippen molar-refractivity contribution in [2.75, 3.05) is 0 Å². The van der Waals surface area contributed by atoms with Gasteiger partial charge in [0.1, 0.15) is 6.04 Å². The molecule has 0 saturated carbocycles. The molecule has 0 heterocycles. The van der Waals surface area contributed by atoms with Gasteiger partial charge in [-0.05, 0) is 31.4 Å². The fourth-order valence-corrected chi connectivity index (χ4v) is 1.99. The Labute approximate surface area is 126 Å². The average molecular weight is 314 g/mol. The van der Waals surface area contributed by atoms with Gasteiger partial charge in [0.2, 0.25) is 0 Å². The van der Waals surface area contributed by atoms with Crippen molar-refractivity contribution in [3.8, 4) is 0 Å². The second-order valence-electron chi connectivity index (χ2n) is 4.59. The molecule has 1 atom stereocenters. The lowest BCUT2D eigenvalue weighted by molar-refractivity contribution is -0.140. The summed E-state index contributed by atoms with van der Waals surface area (Å²) >= 11 is 6.01. The number of hydrogen-bond donors (Lipinski definition) is 3. The van der Waals surface area contributed by atoms with Gasteiger partial charge in [0.05, 0.1) is 10.6 Å². The fraction of sp³-hybridized carbons (Fsp3) is 0.357. The van der Waals surface area contributed by atoms with E-state index in [1.807, 2.05) is 0 Å². The van der Waals surface area contributed by atoms with Crippen LogP contribution in [0.15, 0.2) is 18.2 Å². The summed E-state index contributed by atoms with van der Waals surface area (Å²) in [4.78, 5) is 33.6. The summed E-state index contributed by atoms with van der Waals surface area (Å²) in [5.74, 6) is -2.81. The molecule has 1 amide bonds. The van der Waals surface area contributed by atoms with Crippen LogP contribution >= 0.6 is 11.6 Å². The van der Waals surface area contributed by atoms with Crippen molar-refractivity contribution < 1.29 is 24.6 Å². The minimum absolute atomic E-state index is 0.0385. The Morgan fingerprint density at radius 2 is 1.95 bits per heavy atom. The Morgan fingerprint density at radius 3 is 2.52 bits per heavy atom. The SMILES string of the molecule is Cc1cccc(C(=O)N[C@H](CCCC(=O)O)C(=O)O)c1Cl. The molecule has 0 fully saturated rings. The van der Waals surface area contributed by atoms with Crippen LogP contribution in [0.1, 0.15) is 35.2 Å². The van der Waals surface area contributed by atoms with Crippen molar-refractivity contribution in [3.63, 3.8) is 0 Å². The third kappa shape index (κ3) is 5.07. The number of hydrogen-bond acceptors (Lipinski definition) is 3. The zero-order valence-corrected chi connectivity index (χ0v) is 12.2. The number of carbonyl (C=O) groups excluding carboxylic acids is 1. The largest absolute Gasteiger partial charge is 0.481 e. The van der Waals surface area contributed by atoms with E-state index in [0.717, 1.165) is 0 Å². The maximum atomic E-state index is 12.1. The summed E-state index contributed by atoms with van der Waals surface area (Å²) in [5.41, 5.74) is 0.906. The lowest BCUT2D eigenvalue weighted by Crippen LogP contribution is -2.41. The van der Waals surface area contributed by atoms with Crippen LogP contribution in [0.4, 0.5) is 0 Å². The first-order valence-electron chi connectivity index (χ1n) is 6.33. The quantitative estimate of drug-likeness (QED) is 0.715. The van der Waals surface area contributed by atoms with Crippen LogP contribution in [0, 0.1) is 6.92 Å². The molecule has 1 rings (SSSR count). The minimum atomic E-state index is -1.21. The van der Waals surface area contributed by atoms with Crippen LogP contribution in [0.25, 0.3) is 0 Å². The van der Waals surface area contributed by atoms with Gasteiger partial charge in [0.25, 0.3) is 5.91 Å². The molecule has 0 unspecified atom stereocenters. The van der Waals surface area contributed by atoms with Gasteiger partial charge in [0.15, 0.2) is 0 Å². The maximum Gasteiger partial charge on any atom is 0.326 e. The molecule has 3 N–H and O–H groups in total. The molecule has 21 heavy (non-hydrogen) atoms. The van der Waals surface area contributed by atoms with E-state index in [1.54, 1.807) is 19.1 Å². The van der Waals surface area contributed by atoms with Gasteiger partial charge in [-0.1, -0.05) is 23.7 Å². The normalized spacial score (nSPS) is 11.7. The van der Waals surface area contributed by atoms with E-state index in [2.05, 4.69) is 5.32 Å². The molecule has 114 valence electrons. The topological polar surface area (TPSA) is 104 Å². The maximum absolute atomic E-state index is 12.1. The summed E-state index contributed by atoms with van der Waals surface area (Å²) in [5, 5.41) is 20.2. The highest BCUT2D eigenvalue weighted by molar-refractivity contribution is 6.34. The van der Waals surface area contributed by atoms with Crippen LogP contribution in [0.5, 0.6) is 0 Å². The van der Waals surface area contributed by atoms with Gasteiger partial charge in [0, 0.05) is 6.42 Å². The number of carboxylic acids is 2. The summed E-state index contributed by atoms with van der Waals surface area (Å²) in [6.07, 6.45) is 0.0514. The van der Waals surface area contributed by atoms with Gasteiger partial charge in [-0.25, -0.2) is 4.79 Å². The number of carbonyl (C=O) groups is 3. The number of benzene rings is 1. The number of amides is 1. The number of carboxylic acid groups (broad SMARTS) is 2. The molecule has 0 saturated heterocycles. The molecule has 1 aromatic rings. The number of nitrogens with one attached hydrogen (secondary N) is 1. The van der Waals surface area contributed by atoms with E-state index < -0.39 is 23.9 Å². The monoisotopic (exact) mass is 313 g/mol. The van der Waals surface area contributed by atoms with E-state index in [1.165, 1.54) is 6.07 Å². The highest BCUT2D eigenvalue weighted by Crippen LogP contribution is 2.20. The van der Waals surface area contributed by atoms with E-state index in [9.17, 15) is 14.4 Å². The summed E-state index contributed by atoms with van der Waals surface area (Å²) < 4.78 is 0. The van der Waals surface area contributed by atoms with Gasteiger partial charge in [-0.15, -0.1) is 0 Å². The molecular weight excluding hydrogens is 298 g/mol. The minimum Gasteiger partial charge on any atom is -0.481 e. The molecule has 0 aliphatic rings. The third-order valence-electron chi connectivity index (χ3n) is 2.92. The number of aryl methyl sites for hydroxylation is 1. The second kappa shape index (κ2) is 7.64. The molecule has 0 aliphatic carbocycles. The van der Waals surface area contributed by atoms with Crippen molar-refractivity contribution in [3.05, 3.63) is 34.3 Å². The zero-order chi connectivity index (χ0) is 16.0. The summed E-state index contributed by atoms with van der Waals surface area (Å²) in [6.45, 7) is 1.74.